The Labute approximate surface area is 180 Å². The zero-order chi connectivity index (χ0) is 21.8. The molecule has 3 amide bonds. The van der Waals surface area contributed by atoms with Gasteiger partial charge in [0.25, 0.3) is 11.8 Å². The molecule has 0 bridgehead atoms. The minimum absolute atomic E-state index is 0.0492. The van der Waals surface area contributed by atoms with Gasteiger partial charge in [0.2, 0.25) is 5.91 Å². The van der Waals surface area contributed by atoms with Crippen LogP contribution in [0.1, 0.15) is 37.7 Å². The number of hydrogen-bond acceptors (Lipinski definition) is 5. The molecule has 7 heteroatoms. The third-order valence-electron chi connectivity index (χ3n) is 5.82. The van der Waals surface area contributed by atoms with Crippen LogP contribution < -0.4 is 9.64 Å². The fraction of sp³-hybridized carbons (Fsp3) is 0.333. The summed E-state index contributed by atoms with van der Waals surface area (Å²) in [4.78, 5) is 41.9. The highest BCUT2D eigenvalue weighted by Crippen LogP contribution is 2.32. The van der Waals surface area contributed by atoms with Gasteiger partial charge >= 0.3 is 0 Å². The van der Waals surface area contributed by atoms with Crippen molar-refractivity contribution in [2.45, 2.75) is 44.2 Å². The lowest BCUT2D eigenvalue weighted by atomic mass is 10.1. The van der Waals surface area contributed by atoms with E-state index in [1.807, 2.05) is 24.3 Å². The molecule has 1 aliphatic heterocycles. The lowest BCUT2D eigenvalue weighted by molar-refractivity contribution is -0.142. The summed E-state index contributed by atoms with van der Waals surface area (Å²) in [5.41, 5.74) is 0.857. The van der Waals surface area contributed by atoms with Crippen LogP contribution in [0.5, 0.6) is 5.75 Å². The van der Waals surface area contributed by atoms with Crippen LogP contribution in [0.25, 0.3) is 0 Å². The molecule has 2 aromatic rings. The van der Waals surface area contributed by atoms with Gasteiger partial charge in [-0.1, -0.05) is 31.0 Å². The van der Waals surface area contributed by atoms with Gasteiger partial charge in [0.05, 0.1) is 23.7 Å². The average molecular weight is 417 g/mol. The summed E-state index contributed by atoms with van der Waals surface area (Å²) >= 11 is 0. The van der Waals surface area contributed by atoms with Crippen LogP contribution in [0.2, 0.25) is 0 Å². The second kappa shape index (κ2) is 9.00. The van der Waals surface area contributed by atoms with Gasteiger partial charge in [0.15, 0.2) is 6.61 Å². The van der Waals surface area contributed by atoms with Gasteiger partial charge in [0.1, 0.15) is 11.8 Å². The van der Waals surface area contributed by atoms with E-state index in [9.17, 15) is 14.4 Å². The van der Waals surface area contributed by atoms with Crippen LogP contribution in [-0.2, 0) is 14.4 Å². The van der Waals surface area contributed by atoms with Crippen LogP contribution in [0.4, 0.5) is 5.69 Å². The van der Waals surface area contributed by atoms with Crippen molar-refractivity contribution in [2.24, 2.45) is 0 Å². The Kier molecular flexibility index (Phi) is 5.99. The third-order valence-corrected chi connectivity index (χ3v) is 5.82. The summed E-state index contributed by atoms with van der Waals surface area (Å²) in [7, 11) is 0. The molecule has 1 atom stereocenters. The average Bonchev–Trinajstić information content (AvgIpc) is 3.42. The number of nitrogens with zero attached hydrogens (tertiary/aromatic N) is 3. The van der Waals surface area contributed by atoms with Crippen LogP contribution in [-0.4, -0.2) is 41.3 Å². The van der Waals surface area contributed by atoms with Crippen molar-refractivity contribution in [1.82, 2.24) is 4.90 Å². The summed E-state index contributed by atoms with van der Waals surface area (Å²) in [6.07, 6.45) is 3.55. The van der Waals surface area contributed by atoms with E-state index in [4.69, 9.17) is 10.00 Å². The van der Waals surface area contributed by atoms with Crippen molar-refractivity contribution in [1.29, 1.82) is 5.26 Å². The Morgan fingerprint density at radius 2 is 1.74 bits per heavy atom. The molecule has 2 aromatic carbocycles. The molecule has 4 rings (SSSR count). The maximum absolute atomic E-state index is 13.3. The first-order chi connectivity index (χ1) is 15.1. The van der Waals surface area contributed by atoms with Gasteiger partial charge < -0.3 is 9.64 Å². The first kappa shape index (κ1) is 20.6. The van der Waals surface area contributed by atoms with Crippen molar-refractivity contribution in [3.8, 4) is 11.8 Å². The van der Waals surface area contributed by atoms with E-state index >= 15 is 0 Å². The molecule has 2 fully saturated rings. The number of carbonyl (C=O) groups is 3. The summed E-state index contributed by atoms with van der Waals surface area (Å²) < 4.78 is 5.64. The first-order valence-electron chi connectivity index (χ1n) is 10.4. The topological polar surface area (TPSA) is 90.7 Å². The number of para-hydroxylation sites is 1. The molecular formula is C24H23N3O4. The van der Waals surface area contributed by atoms with Gasteiger partial charge in [-0.05, 0) is 49.2 Å². The fourth-order valence-corrected chi connectivity index (χ4v) is 4.34. The van der Waals surface area contributed by atoms with Crippen LogP contribution >= 0.6 is 0 Å². The molecule has 1 aliphatic carbocycles. The van der Waals surface area contributed by atoms with Gasteiger partial charge in [-0.2, -0.15) is 5.26 Å². The number of carbonyl (C=O) groups excluding carboxylic acids is 3. The zero-order valence-electron chi connectivity index (χ0n) is 17.1. The maximum atomic E-state index is 13.3. The maximum Gasteiger partial charge on any atom is 0.261 e. The van der Waals surface area contributed by atoms with E-state index in [1.165, 1.54) is 0 Å². The molecule has 1 saturated heterocycles. The Bertz CT molecular complexity index is 1010. The highest BCUT2D eigenvalue weighted by atomic mass is 16.5. The molecule has 31 heavy (non-hydrogen) atoms. The minimum Gasteiger partial charge on any atom is -0.484 e. The highest BCUT2D eigenvalue weighted by Gasteiger charge is 2.46. The molecule has 1 saturated carbocycles. The van der Waals surface area contributed by atoms with Gasteiger partial charge in [-0.3, -0.25) is 14.4 Å². The number of imide groups is 1. The largest absolute Gasteiger partial charge is 0.484 e. The molecule has 1 heterocycles. The van der Waals surface area contributed by atoms with E-state index in [0.717, 1.165) is 30.6 Å². The summed E-state index contributed by atoms with van der Waals surface area (Å²) in [6, 6.07) is 16.4. The second-order valence-electron chi connectivity index (χ2n) is 7.79. The van der Waals surface area contributed by atoms with Crippen molar-refractivity contribution in [3.05, 3.63) is 60.2 Å². The number of benzene rings is 2. The number of ether oxygens (including phenoxy) is 1. The lowest BCUT2D eigenvalue weighted by Gasteiger charge is -2.33. The standard InChI is InChI=1S/C24H23N3O4/c25-15-17-10-12-19(13-11-17)27-22(28)14-21(24(27)30)26(18-6-4-5-7-18)23(29)16-31-20-8-2-1-3-9-20/h1-3,8-13,18,21H,4-7,14,16H2. The molecule has 7 nitrogen and oxygen atoms in total. The number of amides is 3. The summed E-state index contributed by atoms with van der Waals surface area (Å²) in [6.45, 7) is -0.185. The monoisotopic (exact) mass is 417 g/mol. The first-order valence-corrected chi connectivity index (χ1v) is 10.4. The molecule has 1 unspecified atom stereocenters. The lowest BCUT2D eigenvalue weighted by Crippen LogP contribution is -2.51. The molecule has 0 radical (unpaired) electrons. The number of hydrogen-bond donors (Lipinski definition) is 0. The Balaban J connectivity index is 1.54. The van der Waals surface area contributed by atoms with E-state index < -0.39 is 11.9 Å². The van der Waals surface area contributed by atoms with Crippen LogP contribution in [0.3, 0.4) is 0 Å². The highest BCUT2D eigenvalue weighted by molar-refractivity contribution is 6.23. The number of rotatable bonds is 6. The van der Waals surface area contributed by atoms with Gasteiger partial charge in [0, 0.05) is 6.04 Å². The van der Waals surface area contributed by atoms with Crippen LogP contribution in [0.15, 0.2) is 54.6 Å². The molecule has 0 spiro atoms. The molecule has 158 valence electrons. The Hall–Kier alpha value is -3.66. The smallest absolute Gasteiger partial charge is 0.261 e. The van der Waals surface area contributed by atoms with E-state index in [0.29, 0.717) is 17.0 Å². The van der Waals surface area contributed by atoms with Crippen molar-refractivity contribution >= 4 is 23.4 Å². The van der Waals surface area contributed by atoms with Crippen molar-refractivity contribution in [2.75, 3.05) is 11.5 Å². The third kappa shape index (κ3) is 4.29. The summed E-state index contributed by atoms with van der Waals surface area (Å²) in [5.74, 6) is -0.465. The van der Waals surface area contributed by atoms with Gasteiger partial charge in [-0.25, -0.2) is 4.90 Å². The van der Waals surface area contributed by atoms with E-state index in [2.05, 4.69) is 0 Å². The SMILES string of the molecule is N#Cc1ccc(N2C(=O)CC(N(C(=O)COc3ccccc3)C3CCCC3)C2=O)cc1. The van der Waals surface area contributed by atoms with Crippen LogP contribution in [0, 0.1) is 11.3 Å². The van der Waals surface area contributed by atoms with E-state index in [-0.39, 0.29) is 30.9 Å². The molecular weight excluding hydrogens is 394 g/mol. The van der Waals surface area contributed by atoms with Crippen molar-refractivity contribution in [3.63, 3.8) is 0 Å². The number of nitriles is 1. The Morgan fingerprint density at radius 3 is 2.39 bits per heavy atom. The van der Waals surface area contributed by atoms with E-state index in [1.54, 1.807) is 41.3 Å². The number of anilines is 1. The predicted molar refractivity (Wildman–Crippen MR) is 113 cm³/mol. The molecule has 2 aliphatic rings. The van der Waals surface area contributed by atoms with Crippen molar-refractivity contribution < 1.29 is 19.1 Å². The fourth-order valence-electron chi connectivity index (χ4n) is 4.34. The van der Waals surface area contributed by atoms with Gasteiger partial charge in [-0.15, -0.1) is 0 Å². The molecule has 0 N–H and O–H groups in total. The Morgan fingerprint density at radius 1 is 1.06 bits per heavy atom. The molecule has 0 aromatic heterocycles. The predicted octanol–water partition coefficient (Wildman–Crippen LogP) is 3.04. The summed E-state index contributed by atoms with van der Waals surface area (Å²) in [5, 5.41) is 8.97. The zero-order valence-corrected chi connectivity index (χ0v) is 17.1. The second-order valence-corrected chi connectivity index (χ2v) is 7.79. The normalized spacial score (nSPS) is 18.8. The quantitative estimate of drug-likeness (QED) is 0.674. The minimum atomic E-state index is -0.835.